The van der Waals surface area contributed by atoms with Gasteiger partial charge in [-0.2, -0.15) is 0 Å². The first-order valence-corrected chi connectivity index (χ1v) is 7.64. The number of hydrogen-bond donors (Lipinski definition) is 1. The van der Waals surface area contributed by atoms with Crippen molar-refractivity contribution < 1.29 is 4.52 Å². The quantitative estimate of drug-likeness (QED) is 0.893. The van der Waals surface area contributed by atoms with Gasteiger partial charge in [0.15, 0.2) is 0 Å². The number of aryl methyl sites for hydroxylation is 1. The fraction of sp³-hybridized carbons (Fsp3) is 0.471. The number of aromatic nitrogens is 1. The van der Waals surface area contributed by atoms with Crippen molar-refractivity contribution in [2.24, 2.45) is 5.92 Å². The van der Waals surface area contributed by atoms with Crippen molar-refractivity contribution in [2.45, 2.75) is 44.9 Å². The van der Waals surface area contributed by atoms with Crippen molar-refractivity contribution in [1.82, 2.24) is 5.16 Å². The number of nitrogens with two attached hydrogens (primary N) is 1. The molecule has 3 nitrogen and oxygen atoms in total. The van der Waals surface area contributed by atoms with Crippen molar-refractivity contribution in [2.75, 3.05) is 5.73 Å². The molecule has 0 unspecified atom stereocenters. The van der Waals surface area contributed by atoms with Crippen LogP contribution >= 0.6 is 0 Å². The van der Waals surface area contributed by atoms with E-state index in [4.69, 9.17) is 10.3 Å². The molecule has 0 radical (unpaired) electrons. The summed E-state index contributed by atoms with van der Waals surface area (Å²) >= 11 is 0. The first kappa shape index (κ1) is 13.2. The topological polar surface area (TPSA) is 52.0 Å². The Morgan fingerprint density at radius 3 is 2.60 bits per heavy atom. The highest BCUT2D eigenvalue weighted by molar-refractivity contribution is 5.74. The molecule has 2 N–H and O–H groups in total. The van der Waals surface area contributed by atoms with E-state index in [-0.39, 0.29) is 0 Å². The molecule has 1 aromatic carbocycles. The minimum absolute atomic E-state index is 0.440. The van der Waals surface area contributed by atoms with E-state index in [1.165, 1.54) is 38.5 Å². The van der Waals surface area contributed by atoms with Crippen LogP contribution in [0.2, 0.25) is 0 Å². The lowest BCUT2D eigenvalue weighted by Crippen LogP contribution is -2.07. The summed E-state index contributed by atoms with van der Waals surface area (Å²) in [6.45, 7) is 0. The van der Waals surface area contributed by atoms with Gasteiger partial charge in [0, 0.05) is 0 Å². The average Bonchev–Trinajstić information content (AvgIpc) is 2.88. The molecular formula is C17H22N2O. The Morgan fingerprint density at radius 2 is 1.85 bits per heavy atom. The highest BCUT2D eigenvalue weighted by Gasteiger charge is 2.18. The van der Waals surface area contributed by atoms with Gasteiger partial charge in [0.2, 0.25) is 5.88 Å². The van der Waals surface area contributed by atoms with Crippen molar-refractivity contribution in [3.63, 3.8) is 0 Å². The van der Waals surface area contributed by atoms with Gasteiger partial charge in [-0.25, -0.2) is 0 Å². The van der Waals surface area contributed by atoms with E-state index in [9.17, 15) is 0 Å². The smallest absolute Gasteiger partial charge is 0.230 e. The van der Waals surface area contributed by atoms with Crippen molar-refractivity contribution >= 4 is 5.88 Å². The van der Waals surface area contributed by atoms with Crippen LogP contribution in [0.1, 0.15) is 44.2 Å². The molecular weight excluding hydrogens is 248 g/mol. The molecule has 0 bridgehead atoms. The Labute approximate surface area is 120 Å². The molecule has 20 heavy (non-hydrogen) atoms. The maximum absolute atomic E-state index is 5.95. The first-order chi connectivity index (χ1) is 9.84. The van der Waals surface area contributed by atoms with E-state index in [1.807, 2.05) is 18.2 Å². The van der Waals surface area contributed by atoms with E-state index in [2.05, 4.69) is 17.3 Å². The fourth-order valence-electron chi connectivity index (χ4n) is 3.24. The average molecular weight is 270 g/mol. The molecule has 1 aliphatic carbocycles. The van der Waals surface area contributed by atoms with Crippen LogP contribution < -0.4 is 5.73 Å². The maximum Gasteiger partial charge on any atom is 0.230 e. The molecule has 2 aromatic rings. The molecule has 0 aliphatic heterocycles. The summed E-state index contributed by atoms with van der Waals surface area (Å²) in [6.07, 6.45) is 9.08. The third-order valence-electron chi connectivity index (χ3n) is 4.37. The minimum Gasteiger partial charge on any atom is -0.367 e. The lowest BCUT2D eigenvalue weighted by molar-refractivity contribution is 0.335. The van der Waals surface area contributed by atoms with Gasteiger partial charge in [-0.3, -0.25) is 0 Å². The number of nitrogens with zero attached hydrogens (tertiary/aromatic N) is 1. The molecule has 0 spiro atoms. The molecule has 1 heterocycles. The second-order valence-corrected chi connectivity index (χ2v) is 5.78. The zero-order valence-electron chi connectivity index (χ0n) is 11.8. The van der Waals surface area contributed by atoms with Crippen LogP contribution in [0, 0.1) is 5.92 Å². The van der Waals surface area contributed by atoms with Crippen LogP contribution in [0.25, 0.3) is 11.1 Å². The highest BCUT2D eigenvalue weighted by Crippen LogP contribution is 2.33. The molecule has 0 amide bonds. The molecule has 0 saturated heterocycles. The van der Waals surface area contributed by atoms with E-state index in [0.29, 0.717) is 5.88 Å². The van der Waals surface area contributed by atoms with E-state index >= 15 is 0 Å². The minimum atomic E-state index is 0.440. The van der Waals surface area contributed by atoms with E-state index in [0.717, 1.165) is 29.2 Å². The Balaban J connectivity index is 1.74. The molecule has 3 heteroatoms. The van der Waals surface area contributed by atoms with Gasteiger partial charge in [0.05, 0.1) is 11.3 Å². The summed E-state index contributed by atoms with van der Waals surface area (Å²) in [5, 5.41) is 4.18. The predicted molar refractivity (Wildman–Crippen MR) is 81.2 cm³/mol. The molecule has 1 fully saturated rings. The van der Waals surface area contributed by atoms with Gasteiger partial charge in [0.1, 0.15) is 0 Å². The van der Waals surface area contributed by atoms with Crippen LogP contribution in [0.3, 0.4) is 0 Å². The van der Waals surface area contributed by atoms with Crippen molar-refractivity contribution in [1.29, 1.82) is 0 Å². The lowest BCUT2D eigenvalue weighted by Gasteiger charge is -2.20. The second kappa shape index (κ2) is 6.12. The van der Waals surface area contributed by atoms with Crippen LogP contribution in [-0.2, 0) is 6.42 Å². The number of hydrogen-bond acceptors (Lipinski definition) is 3. The molecule has 1 aromatic heterocycles. The SMILES string of the molecule is Nc1onc(CCC2CCCCC2)c1-c1ccccc1. The van der Waals surface area contributed by atoms with Crippen molar-refractivity contribution in [3.05, 3.63) is 36.0 Å². The van der Waals surface area contributed by atoms with Crippen LogP contribution in [0.4, 0.5) is 5.88 Å². The van der Waals surface area contributed by atoms with Crippen molar-refractivity contribution in [3.8, 4) is 11.1 Å². The van der Waals surface area contributed by atoms with Crippen LogP contribution in [-0.4, -0.2) is 5.16 Å². The highest BCUT2D eigenvalue weighted by atomic mass is 16.5. The molecule has 106 valence electrons. The summed E-state index contributed by atoms with van der Waals surface area (Å²) in [7, 11) is 0. The molecule has 1 saturated carbocycles. The monoisotopic (exact) mass is 270 g/mol. The Hall–Kier alpha value is -1.77. The molecule has 1 aliphatic rings. The number of anilines is 1. The van der Waals surface area contributed by atoms with Gasteiger partial charge >= 0.3 is 0 Å². The summed E-state index contributed by atoms with van der Waals surface area (Å²) in [5.74, 6) is 1.29. The Morgan fingerprint density at radius 1 is 1.10 bits per heavy atom. The van der Waals surface area contributed by atoms with Gasteiger partial charge in [0.25, 0.3) is 0 Å². The number of nitrogen functional groups attached to an aromatic ring is 1. The van der Waals surface area contributed by atoms with Crippen LogP contribution in [0.5, 0.6) is 0 Å². The zero-order valence-corrected chi connectivity index (χ0v) is 11.8. The first-order valence-electron chi connectivity index (χ1n) is 7.64. The van der Waals surface area contributed by atoms with Crippen LogP contribution in [0.15, 0.2) is 34.9 Å². The zero-order chi connectivity index (χ0) is 13.8. The van der Waals surface area contributed by atoms with E-state index in [1.54, 1.807) is 0 Å². The predicted octanol–water partition coefficient (Wildman–Crippen LogP) is 4.44. The molecule has 3 rings (SSSR count). The fourth-order valence-corrected chi connectivity index (χ4v) is 3.24. The summed E-state index contributed by atoms with van der Waals surface area (Å²) in [6, 6.07) is 10.2. The molecule has 0 atom stereocenters. The normalized spacial score (nSPS) is 16.4. The van der Waals surface area contributed by atoms with Gasteiger partial charge in [-0.1, -0.05) is 67.6 Å². The largest absolute Gasteiger partial charge is 0.367 e. The summed E-state index contributed by atoms with van der Waals surface area (Å²) in [4.78, 5) is 0. The standard InChI is InChI=1S/C17H22N2O/c18-17-16(14-9-5-2-6-10-14)15(19-20-17)12-11-13-7-3-1-4-8-13/h2,5-6,9-10,13H,1,3-4,7-8,11-12,18H2. The third-order valence-corrected chi connectivity index (χ3v) is 4.37. The Bertz CT molecular complexity index is 541. The second-order valence-electron chi connectivity index (χ2n) is 5.78. The summed E-state index contributed by atoms with van der Waals surface area (Å²) in [5.41, 5.74) is 9.06. The van der Waals surface area contributed by atoms with E-state index < -0.39 is 0 Å². The lowest BCUT2D eigenvalue weighted by atomic mass is 9.85. The van der Waals surface area contributed by atoms with Gasteiger partial charge in [-0.15, -0.1) is 0 Å². The summed E-state index contributed by atoms with van der Waals surface area (Å²) < 4.78 is 5.22. The number of rotatable bonds is 4. The van der Waals surface area contributed by atoms with Gasteiger partial charge in [-0.05, 0) is 24.3 Å². The van der Waals surface area contributed by atoms with Gasteiger partial charge < -0.3 is 10.3 Å². The Kier molecular flexibility index (Phi) is 4.05. The number of benzene rings is 1. The maximum atomic E-state index is 5.95. The third kappa shape index (κ3) is 2.87.